The van der Waals surface area contributed by atoms with E-state index in [4.69, 9.17) is 13.6 Å². The van der Waals surface area contributed by atoms with Crippen LogP contribution >= 0.6 is 0 Å². The lowest BCUT2D eigenvalue weighted by molar-refractivity contribution is 0.414. The number of rotatable bonds is 3. The minimum atomic E-state index is -2.52. The van der Waals surface area contributed by atoms with Crippen LogP contribution in [0.5, 0.6) is 11.5 Å². The van der Waals surface area contributed by atoms with Gasteiger partial charge in [-0.2, -0.15) is 0 Å². The van der Waals surface area contributed by atoms with Crippen molar-refractivity contribution in [3.63, 3.8) is 0 Å². The Labute approximate surface area is 141 Å². The van der Waals surface area contributed by atoms with E-state index in [0.29, 0.717) is 27.9 Å². The molecule has 0 saturated heterocycles. The Kier molecular flexibility index (Phi) is 2.55. The lowest BCUT2D eigenvalue weighted by Gasteiger charge is -2.03. The maximum absolute atomic E-state index is 12.8. The molecule has 0 unspecified atom stereocenters. The van der Waals surface area contributed by atoms with Gasteiger partial charge >= 0.3 is 0 Å². The summed E-state index contributed by atoms with van der Waals surface area (Å²) in [6, 6.07) is 11.7. The first kappa shape index (κ1) is 11.3. The summed E-state index contributed by atoms with van der Waals surface area (Å²) in [4.78, 5) is 17.1. The zero-order valence-corrected chi connectivity index (χ0v) is 12.7. The highest BCUT2D eigenvalue weighted by Crippen LogP contribution is 2.24. The number of methoxy groups -OCH3 is 2. The molecule has 120 valence electrons. The smallest absolute Gasteiger partial charge is 0.280 e. The van der Waals surface area contributed by atoms with Crippen LogP contribution in [-0.4, -0.2) is 28.9 Å². The Morgan fingerprint density at radius 3 is 2.62 bits per heavy atom. The molecule has 0 bridgehead atoms. The molecule has 0 saturated carbocycles. The van der Waals surface area contributed by atoms with Crippen molar-refractivity contribution in [3.05, 3.63) is 59.0 Å². The monoisotopic (exact) mass is 324 g/mol. The third-order valence-corrected chi connectivity index (χ3v) is 3.95. The number of hydrogen-bond acceptors (Lipinski definition) is 4. The molecular weight excluding hydrogens is 306 g/mol. The highest BCUT2D eigenvalue weighted by molar-refractivity contribution is 6.03. The van der Waals surface area contributed by atoms with Crippen LogP contribution in [-0.2, 0) is 0 Å². The number of pyridine rings is 1. The van der Waals surface area contributed by atoms with Gasteiger partial charge in [-0.1, -0.05) is 0 Å². The first-order valence-corrected chi connectivity index (χ1v) is 7.23. The summed E-state index contributed by atoms with van der Waals surface area (Å²) in [5, 5.41) is 4.35. The van der Waals surface area contributed by atoms with Crippen molar-refractivity contribution in [2.45, 2.75) is 0 Å². The second kappa shape index (κ2) is 5.42. The second-order valence-corrected chi connectivity index (χ2v) is 5.28. The number of aromatic nitrogens is 3. The first-order valence-electron chi connectivity index (χ1n) is 8.73. The van der Waals surface area contributed by atoms with Crippen molar-refractivity contribution < 1.29 is 13.6 Å². The van der Waals surface area contributed by atoms with Crippen LogP contribution < -0.4 is 15.0 Å². The Morgan fingerprint density at radius 2 is 1.88 bits per heavy atom. The number of nitrogens with zero attached hydrogens (tertiary/aromatic N) is 2. The molecule has 0 aliphatic carbocycles. The molecule has 0 aliphatic heterocycles. The number of nitrogens with one attached hydrogen (secondary N) is 1. The Morgan fingerprint density at radius 1 is 1.08 bits per heavy atom. The van der Waals surface area contributed by atoms with Gasteiger partial charge in [-0.15, -0.1) is 0 Å². The van der Waals surface area contributed by atoms with Crippen LogP contribution in [0.1, 0.15) is 4.11 Å². The van der Waals surface area contributed by atoms with E-state index in [0.717, 1.165) is 5.39 Å². The molecule has 2 aromatic heterocycles. The van der Waals surface area contributed by atoms with Gasteiger partial charge in [0.05, 0.1) is 40.4 Å². The van der Waals surface area contributed by atoms with Gasteiger partial charge in [0.25, 0.3) is 5.56 Å². The molecule has 0 atom stereocenters. The van der Waals surface area contributed by atoms with Gasteiger partial charge in [0.15, 0.2) is 0 Å². The molecule has 2 aromatic carbocycles. The lowest BCUT2D eigenvalue weighted by Crippen LogP contribution is -2.14. The van der Waals surface area contributed by atoms with Crippen LogP contribution in [0, 0.1) is 0 Å². The molecule has 0 fully saturated rings. The van der Waals surface area contributed by atoms with Crippen LogP contribution in [0.25, 0.3) is 27.5 Å². The Bertz CT molecular complexity index is 1190. The summed E-state index contributed by atoms with van der Waals surface area (Å²) in [5.41, 5.74) is 1.67. The molecule has 6 heteroatoms. The van der Waals surface area contributed by atoms with Crippen molar-refractivity contribution in [2.75, 3.05) is 14.1 Å². The summed E-state index contributed by atoms with van der Waals surface area (Å²) in [5.74, 6) is 0.878. The largest absolute Gasteiger partial charge is 0.497 e. The maximum Gasteiger partial charge on any atom is 0.280 e. The van der Waals surface area contributed by atoms with Gasteiger partial charge in [-0.3, -0.25) is 14.9 Å². The molecule has 1 N–H and O–H groups in total. The molecule has 2 heterocycles. The highest BCUT2D eigenvalue weighted by Gasteiger charge is 2.12. The average Bonchev–Trinajstić information content (AvgIpc) is 2.97. The number of benzene rings is 2. The zero-order valence-electron chi connectivity index (χ0n) is 15.7. The van der Waals surface area contributed by atoms with Gasteiger partial charge in [-0.05, 0) is 36.4 Å². The van der Waals surface area contributed by atoms with Crippen molar-refractivity contribution in [1.82, 2.24) is 14.8 Å². The molecular formula is C18H15N3O3. The SMILES string of the molecule is [2H]C([2H])([2H])Oc1ccc(-n2[nH]c3c(cnc4cc(OC)ccc43)c2=O)cc1. The number of hydrogen-bond donors (Lipinski definition) is 1. The van der Waals surface area contributed by atoms with Gasteiger partial charge in [0.2, 0.25) is 0 Å². The van der Waals surface area contributed by atoms with Gasteiger partial charge in [0.1, 0.15) is 11.5 Å². The average molecular weight is 324 g/mol. The predicted molar refractivity (Wildman–Crippen MR) is 92.3 cm³/mol. The van der Waals surface area contributed by atoms with Crippen molar-refractivity contribution in [3.8, 4) is 17.2 Å². The third kappa shape index (κ3) is 2.11. The van der Waals surface area contributed by atoms with Gasteiger partial charge in [0, 0.05) is 17.6 Å². The fourth-order valence-corrected chi connectivity index (χ4v) is 2.71. The van der Waals surface area contributed by atoms with Crippen molar-refractivity contribution in [1.29, 1.82) is 0 Å². The molecule has 4 aromatic rings. The van der Waals surface area contributed by atoms with E-state index < -0.39 is 7.04 Å². The minimum Gasteiger partial charge on any atom is -0.497 e. The van der Waals surface area contributed by atoms with E-state index in [2.05, 4.69) is 10.1 Å². The Balaban J connectivity index is 1.81. The van der Waals surface area contributed by atoms with E-state index >= 15 is 0 Å². The van der Waals surface area contributed by atoms with E-state index in [1.165, 1.54) is 23.0 Å². The summed E-state index contributed by atoms with van der Waals surface area (Å²) < 4.78 is 32.8. The third-order valence-electron chi connectivity index (χ3n) is 3.95. The highest BCUT2D eigenvalue weighted by atomic mass is 16.5. The minimum absolute atomic E-state index is 0.196. The van der Waals surface area contributed by atoms with Crippen LogP contribution in [0.4, 0.5) is 0 Å². The summed E-state index contributed by atoms with van der Waals surface area (Å²) in [6.45, 7) is 0. The van der Waals surface area contributed by atoms with E-state index in [-0.39, 0.29) is 11.3 Å². The predicted octanol–water partition coefficient (Wildman–Crippen LogP) is 2.88. The molecule has 0 aliphatic rings. The standard InChI is InChI=1S/C18H15N3O3/c1-23-12-5-3-11(4-6-12)21-18(22)15-10-19-16-9-13(24-2)7-8-14(16)17(15)20-21/h3-10,20H,1-2H3/i1D3. The summed E-state index contributed by atoms with van der Waals surface area (Å²) in [6.07, 6.45) is 1.53. The van der Waals surface area contributed by atoms with E-state index in [1.54, 1.807) is 31.4 Å². The first-order chi connectivity index (χ1) is 12.9. The maximum atomic E-state index is 12.8. The van der Waals surface area contributed by atoms with Gasteiger partial charge in [-0.25, -0.2) is 4.68 Å². The van der Waals surface area contributed by atoms with E-state index in [1.807, 2.05) is 6.07 Å². The zero-order chi connectivity index (χ0) is 19.2. The molecule has 0 spiro atoms. The normalized spacial score (nSPS) is 13.5. The number of ether oxygens (including phenoxy) is 2. The van der Waals surface area contributed by atoms with Crippen LogP contribution in [0.2, 0.25) is 0 Å². The summed E-state index contributed by atoms with van der Waals surface area (Å²) in [7, 11) is -0.942. The topological polar surface area (TPSA) is 69.1 Å². The van der Waals surface area contributed by atoms with Crippen molar-refractivity contribution in [2.24, 2.45) is 0 Å². The summed E-state index contributed by atoms with van der Waals surface area (Å²) >= 11 is 0. The van der Waals surface area contributed by atoms with Crippen LogP contribution in [0.15, 0.2) is 53.5 Å². The van der Waals surface area contributed by atoms with Crippen molar-refractivity contribution >= 4 is 21.8 Å². The van der Waals surface area contributed by atoms with Gasteiger partial charge < -0.3 is 9.47 Å². The second-order valence-electron chi connectivity index (χ2n) is 5.28. The molecule has 6 nitrogen and oxygen atoms in total. The fraction of sp³-hybridized carbons (Fsp3) is 0.111. The number of H-pyrrole nitrogens is 1. The quantitative estimate of drug-likeness (QED) is 0.629. The Hall–Kier alpha value is -3.28. The number of fused-ring (bicyclic) bond motifs is 3. The lowest BCUT2D eigenvalue weighted by atomic mass is 10.1. The number of aromatic amines is 1. The molecule has 0 radical (unpaired) electrons. The van der Waals surface area contributed by atoms with E-state index in [9.17, 15) is 4.79 Å². The molecule has 0 amide bonds. The molecule has 4 rings (SSSR count). The molecule has 24 heavy (non-hydrogen) atoms. The van der Waals surface area contributed by atoms with Crippen LogP contribution in [0.3, 0.4) is 0 Å². The fourth-order valence-electron chi connectivity index (χ4n) is 2.71.